The highest BCUT2D eigenvalue weighted by atomic mass is 19.1. The molecular formula is C13H19FN2O2. The van der Waals surface area contributed by atoms with Gasteiger partial charge >= 0.3 is 0 Å². The Labute approximate surface area is 107 Å². The number of benzene rings is 1. The molecule has 0 aliphatic rings. The maximum atomic E-state index is 13.2. The molecule has 4 nitrogen and oxygen atoms in total. The lowest BCUT2D eigenvalue weighted by molar-refractivity contribution is 0.0943. The smallest absolute Gasteiger partial charge is 0.180 e. The summed E-state index contributed by atoms with van der Waals surface area (Å²) in [6.45, 7) is 1.78. The van der Waals surface area contributed by atoms with Gasteiger partial charge in [0.2, 0.25) is 0 Å². The van der Waals surface area contributed by atoms with E-state index in [9.17, 15) is 9.18 Å². The molecule has 0 saturated carbocycles. The summed E-state index contributed by atoms with van der Waals surface area (Å²) < 4.78 is 18.2. The highest BCUT2D eigenvalue weighted by Crippen LogP contribution is 2.19. The molecule has 0 radical (unpaired) electrons. The number of likely N-dealkylation sites (N-methyl/N-ethyl adjacent to an activating group) is 2. The van der Waals surface area contributed by atoms with E-state index in [4.69, 9.17) is 4.74 Å². The SMILES string of the molecule is CNCCN(C)CC(=O)c1cc(F)ccc1OC. The van der Waals surface area contributed by atoms with E-state index >= 15 is 0 Å². The lowest BCUT2D eigenvalue weighted by Gasteiger charge is -2.16. The molecular weight excluding hydrogens is 235 g/mol. The molecule has 0 saturated heterocycles. The first-order valence-corrected chi connectivity index (χ1v) is 5.78. The van der Waals surface area contributed by atoms with Gasteiger partial charge in [0.1, 0.15) is 11.6 Å². The van der Waals surface area contributed by atoms with Crippen LogP contribution in [0.15, 0.2) is 18.2 Å². The Kier molecular flexibility index (Phi) is 5.74. The number of rotatable bonds is 7. The molecule has 100 valence electrons. The normalized spacial score (nSPS) is 10.7. The summed E-state index contributed by atoms with van der Waals surface area (Å²) in [6.07, 6.45) is 0. The van der Waals surface area contributed by atoms with Gasteiger partial charge < -0.3 is 10.1 Å². The molecule has 1 aromatic carbocycles. The van der Waals surface area contributed by atoms with Gasteiger partial charge in [-0.1, -0.05) is 0 Å². The minimum atomic E-state index is -0.433. The zero-order valence-corrected chi connectivity index (χ0v) is 11.0. The van der Waals surface area contributed by atoms with Crippen LogP contribution in [-0.2, 0) is 0 Å². The molecule has 1 aromatic rings. The Morgan fingerprint density at radius 1 is 1.50 bits per heavy atom. The number of ether oxygens (including phenoxy) is 1. The summed E-state index contributed by atoms with van der Waals surface area (Å²) in [5.74, 6) is -0.176. The molecule has 18 heavy (non-hydrogen) atoms. The van der Waals surface area contributed by atoms with Gasteiger partial charge in [-0.2, -0.15) is 0 Å². The van der Waals surface area contributed by atoms with E-state index in [1.165, 1.54) is 25.3 Å². The van der Waals surface area contributed by atoms with Crippen molar-refractivity contribution in [2.24, 2.45) is 0 Å². The Morgan fingerprint density at radius 2 is 2.22 bits per heavy atom. The number of halogens is 1. The van der Waals surface area contributed by atoms with Gasteiger partial charge in [-0.15, -0.1) is 0 Å². The summed E-state index contributed by atoms with van der Waals surface area (Å²) >= 11 is 0. The fraction of sp³-hybridized carbons (Fsp3) is 0.462. The van der Waals surface area contributed by atoms with Crippen LogP contribution in [0.1, 0.15) is 10.4 Å². The average Bonchev–Trinajstić information content (AvgIpc) is 2.36. The van der Waals surface area contributed by atoms with Crippen LogP contribution in [0.25, 0.3) is 0 Å². The minimum absolute atomic E-state index is 0.148. The molecule has 0 aliphatic heterocycles. The number of methoxy groups -OCH3 is 1. The number of hydrogen-bond acceptors (Lipinski definition) is 4. The zero-order valence-electron chi connectivity index (χ0n) is 11.0. The van der Waals surface area contributed by atoms with Gasteiger partial charge in [0, 0.05) is 13.1 Å². The van der Waals surface area contributed by atoms with E-state index in [1.807, 2.05) is 19.0 Å². The van der Waals surface area contributed by atoms with Crippen molar-refractivity contribution in [1.29, 1.82) is 0 Å². The number of ketones is 1. The molecule has 0 aromatic heterocycles. The van der Waals surface area contributed by atoms with E-state index in [-0.39, 0.29) is 17.9 Å². The van der Waals surface area contributed by atoms with Crippen LogP contribution in [0.5, 0.6) is 5.75 Å². The molecule has 0 atom stereocenters. The molecule has 0 bridgehead atoms. The maximum Gasteiger partial charge on any atom is 0.180 e. The van der Waals surface area contributed by atoms with Crippen molar-refractivity contribution >= 4 is 5.78 Å². The van der Waals surface area contributed by atoms with Crippen LogP contribution in [0.4, 0.5) is 4.39 Å². The number of hydrogen-bond donors (Lipinski definition) is 1. The average molecular weight is 254 g/mol. The number of carbonyl (C=O) groups excluding carboxylic acids is 1. The van der Waals surface area contributed by atoms with Gasteiger partial charge in [-0.05, 0) is 32.3 Å². The second kappa shape index (κ2) is 7.08. The van der Waals surface area contributed by atoms with Crippen molar-refractivity contribution in [1.82, 2.24) is 10.2 Å². The second-order valence-electron chi connectivity index (χ2n) is 4.11. The highest BCUT2D eigenvalue weighted by molar-refractivity contribution is 6.00. The summed E-state index contributed by atoms with van der Waals surface area (Å²) in [5, 5.41) is 3.01. The third-order valence-corrected chi connectivity index (χ3v) is 2.62. The molecule has 0 aliphatic carbocycles. The number of Topliss-reactive ketones (excluding diaryl/α,β-unsaturated/α-hetero) is 1. The van der Waals surface area contributed by atoms with Crippen molar-refractivity contribution < 1.29 is 13.9 Å². The fourth-order valence-electron chi connectivity index (χ4n) is 1.61. The fourth-order valence-corrected chi connectivity index (χ4v) is 1.61. The molecule has 1 rings (SSSR count). The van der Waals surface area contributed by atoms with Gasteiger partial charge in [0.05, 0.1) is 19.2 Å². The van der Waals surface area contributed by atoms with E-state index < -0.39 is 5.82 Å². The Balaban J connectivity index is 2.74. The lowest BCUT2D eigenvalue weighted by Crippen LogP contribution is -2.32. The molecule has 0 spiro atoms. The highest BCUT2D eigenvalue weighted by Gasteiger charge is 2.15. The molecule has 1 N–H and O–H groups in total. The van der Waals surface area contributed by atoms with Crippen molar-refractivity contribution in [3.05, 3.63) is 29.6 Å². The van der Waals surface area contributed by atoms with E-state index in [2.05, 4.69) is 5.32 Å². The predicted octanol–water partition coefficient (Wildman–Crippen LogP) is 1.17. The van der Waals surface area contributed by atoms with Crippen LogP contribution in [0.2, 0.25) is 0 Å². The van der Waals surface area contributed by atoms with E-state index in [1.54, 1.807) is 0 Å². The van der Waals surface area contributed by atoms with Gasteiger partial charge in [-0.25, -0.2) is 4.39 Å². The maximum absolute atomic E-state index is 13.2. The molecule has 0 amide bonds. The van der Waals surface area contributed by atoms with Crippen LogP contribution in [0.3, 0.4) is 0 Å². The summed E-state index contributed by atoms with van der Waals surface area (Å²) in [7, 11) is 5.17. The quantitative estimate of drug-likeness (QED) is 0.742. The first kappa shape index (κ1) is 14.6. The van der Waals surface area contributed by atoms with E-state index in [0.717, 1.165) is 13.1 Å². The van der Waals surface area contributed by atoms with E-state index in [0.29, 0.717) is 5.75 Å². The standard InChI is InChI=1S/C13H19FN2O2/c1-15-6-7-16(2)9-12(17)11-8-10(14)4-5-13(11)18-3/h4-5,8,15H,6-7,9H2,1-3H3. The first-order chi connectivity index (χ1) is 8.58. The third kappa shape index (κ3) is 4.09. The largest absolute Gasteiger partial charge is 0.496 e. The summed E-state index contributed by atoms with van der Waals surface area (Å²) in [6, 6.07) is 3.96. The van der Waals surface area contributed by atoms with Gasteiger partial charge in [0.25, 0.3) is 0 Å². The summed E-state index contributed by atoms with van der Waals surface area (Å²) in [5.41, 5.74) is 0.286. The van der Waals surface area contributed by atoms with Gasteiger partial charge in [-0.3, -0.25) is 9.69 Å². The monoisotopic (exact) mass is 254 g/mol. The first-order valence-electron chi connectivity index (χ1n) is 5.78. The third-order valence-electron chi connectivity index (χ3n) is 2.62. The van der Waals surface area contributed by atoms with Crippen LogP contribution >= 0.6 is 0 Å². The number of nitrogens with zero attached hydrogens (tertiary/aromatic N) is 1. The Bertz CT molecular complexity index is 410. The predicted molar refractivity (Wildman–Crippen MR) is 68.7 cm³/mol. The lowest BCUT2D eigenvalue weighted by atomic mass is 10.1. The number of carbonyl (C=O) groups is 1. The number of nitrogens with one attached hydrogen (secondary N) is 1. The molecule has 5 heteroatoms. The Morgan fingerprint density at radius 3 is 2.83 bits per heavy atom. The van der Waals surface area contributed by atoms with Crippen LogP contribution < -0.4 is 10.1 Å². The van der Waals surface area contributed by atoms with Crippen LogP contribution in [-0.4, -0.2) is 51.5 Å². The molecule has 0 heterocycles. The van der Waals surface area contributed by atoms with Crippen molar-refractivity contribution in [3.8, 4) is 5.75 Å². The van der Waals surface area contributed by atoms with Crippen LogP contribution in [0, 0.1) is 5.82 Å². The van der Waals surface area contributed by atoms with Gasteiger partial charge in [0.15, 0.2) is 5.78 Å². The van der Waals surface area contributed by atoms with Crippen molar-refractivity contribution in [3.63, 3.8) is 0 Å². The molecule has 0 fully saturated rings. The van der Waals surface area contributed by atoms with Crippen molar-refractivity contribution in [2.75, 3.05) is 40.8 Å². The Hall–Kier alpha value is -1.46. The second-order valence-corrected chi connectivity index (χ2v) is 4.11. The summed E-state index contributed by atoms with van der Waals surface area (Å²) in [4.78, 5) is 13.9. The van der Waals surface area contributed by atoms with Crippen molar-refractivity contribution in [2.45, 2.75) is 0 Å². The minimum Gasteiger partial charge on any atom is -0.496 e. The topological polar surface area (TPSA) is 41.6 Å². The zero-order chi connectivity index (χ0) is 13.5. The molecule has 0 unspecified atom stereocenters.